The molecular weight excluding hydrogens is 352 g/mol. The van der Waals surface area contributed by atoms with E-state index in [2.05, 4.69) is 24.1 Å². The van der Waals surface area contributed by atoms with Crippen LogP contribution < -0.4 is 4.74 Å². The molecule has 1 amide bonds. The molecule has 2 heterocycles. The highest BCUT2D eigenvalue weighted by Crippen LogP contribution is 2.27. The van der Waals surface area contributed by atoms with Gasteiger partial charge in [-0.15, -0.1) is 0 Å². The number of carbonyl (C=O) groups is 1. The van der Waals surface area contributed by atoms with Crippen molar-refractivity contribution in [2.24, 2.45) is 0 Å². The van der Waals surface area contributed by atoms with Gasteiger partial charge >= 0.3 is 0 Å². The van der Waals surface area contributed by atoms with E-state index in [1.807, 2.05) is 47.4 Å². The van der Waals surface area contributed by atoms with Crippen LogP contribution in [0.1, 0.15) is 34.8 Å². The summed E-state index contributed by atoms with van der Waals surface area (Å²) < 4.78 is 11.5. The number of benzene rings is 2. The summed E-state index contributed by atoms with van der Waals surface area (Å²) in [6, 6.07) is 17.9. The summed E-state index contributed by atoms with van der Waals surface area (Å²) in [7, 11) is 2.11. The Labute approximate surface area is 166 Å². The number of piperazine rings is 1. The Morgan fingerprint density at radius 1 is 1.14 bits per heavy atom. The van der Waals surface area contributed by atoms with Gasteiger partial charge in [0, 0.05) is 31.8 Å². The van der Waals surface area contributed by atoms with E-state index in [0.29, 0.717) is 12.2 Å². The third-order valence-corrected chi connectivity index (χ3v) is 5.57. The van der Waals surface area contributed by atoms with Crippen molar-refractivity contribution in [1.82, 2.24) is 9.80 Å². The van der Waals surface area contributed by atoms with Crippen molar-refractivity contribution >= 4 is 5.91 Å². The summed E-state index contributed by atoms with van der Waals surface area (Å²) >= 11 is 0. The van der Waals surface area contributed by atoms with Gasteiger partial charge in [-0.05, 0) is 43.7 Å². The van der Waals surface area contributed by atoms with Crippen LogP contribution in [0.15, 0.2) is 54.6 Å². The van der Waals surface area contributed by atoms with Crippen molar-refractivity contribution in [2.75, 3.05) is 39.9 Å². The summed E-state index contributed by atoms with van der Waals surface area (Å²) in [5.41, 5.74) is 1.85. The van der Waals surface area contributed by atoms with Crippen LogP contribution in [0.4, 0.5) is 0 Å². The van der Waals surface area contributed by atoms with Gasteiger partial charge < -0.3 is 19.3 Å². The van der Waals surface area contributed by atoms with Crippen molar-refractivity contribution in [2.45, 2.75) is 25.0 Å². The molecule has 2 aliphatic heterocycles. The normalized spacial score (nSPS) is 23.0. The highest BCUT2D eigenvalue weighted by atomic mass is 16.5. The van der Waals surface area contributed by atoms with E-state index in [0.717, 1.165) is 44.8 Å². The van der Waals surface area contributed by atoms with Gasteiger partial charge in [-0.3, -0.25) is 4.79 Å². The molecule has 0 bridgehead atoms. The lowest BCUT2D eigenvalue weighted by molar-refractivity contribution is 0.0497. The van der Waals surface area contributed by atoms with Crippen molar-refractivity contribution in [1.29, 1.82) is 0 Å². The zero-order chi connectivity index (χ0) is 19.3. The Bertz CT molecular complexity index is 789. The molecule has 2 fully saturated rings. The third-order valence-electron chi connectivity index (χ3n) is 5.57. The molecule has 2 aromatic carbocycles. The van der Waals surface area contributed by atoms with Gasteiger partial charge in [0.1, 0.15) is 12.4 Å². The summed E-state index contributed by atoms with van der Waals surface area (Å²) in [4.78, 5) is 17.6. The van der Waals surface area contributed by atoms with Gasteiger partial charge in [-0.1, -0.05) is 36.4 Å². The van der Waals surface area contributed by atoms with Gasteiger partial charge in [0.2, 0.25) is 0 Å². The highest BCUT2D eigenvalue weighted by Gasteiger charge is 2.31. The molecule has 0 aromatic heterocycles. The number of hydrogen-bond acceptors (Lipinski definition) is 4. The fourth-order valence-electron chi connectivity index (χ4n) is 3.97. The maximum atomic E-state index is 13.3. The van der Waals surface area contributed by atoms with E-state index in [4.69, 9.17) is 9.47 Å². The number of nitrogens with zero attached hydrogens (tertiary/aromatic N) is 2. The van der Waals surface area contributed by atoms with E-state index in [9.17, 15) is 4.79 Å². The van der Waals surface area contributed by atoms with Crippen LogP contribution in [-0.2, 0) is 4.74 Å². The lowest BCUT2D eigenvalue weighted by Crippen LogP contribution is -2.49. The number of carbonyl (C=O) groups excluding carboxylic acids is 1. The average molecular weight is 380 g/mol. The quantitative estimate of drug-likeness (QED) is 0.798. The minimum Gasteiger partial charge on any atom is -0.491 e. The molecule has 0 unspecified atom stereocenters. The Morgan fingerprint density at radius 2 is 2.00 bits per heavy atom. The smallest absolute Gasteiger partial charge is 0.254 e. The summed E-state index contributed by atoms with van der Waals surface area (Å²) in [6.07, 6.45) is 2.30. The van der Waals surface area contributed by atoms with Crippen LogP contribution in [-0.4, -0.2) is 61.7 Å². The largest absolute Gasteiger partial charge is 0.491 e. The predicted octanol–water partition coefficient (Wildman–Crippen LogP) is 3.37. The molecule has 0 aliphatic carbocycles. The Balaban J connectivity index is 1.49. The second-order valence-corrected chi connectivity index (χ2v) is 7.66. The molecule has 0 spiro atoms. The Morgan fingerprint density at radius 3 is 2.79 bits per heavy atom. The summed E-state index contributed by atoms with van der Waals surface area (Å²) in [5.74, 6) is 0.788. The molecular formula is C23H28N2O3. The van der Waals surface area contributed by atoms with Crippen LogP contribution in [0, 0.1) is 0 Å². The lowest BCUT2D eigenvalue weighted by Gasteiger charge is -2.40. The average Bonchev–Trinajstić information content (AvgIpc) is 3.26. The number of likely N-dealkylation sites (N-methyl/N-ethyl adjacent to an activating group) is 1. The first-order chi connectivity index (χ1) is 13.7. The van der Waals surface area contributed by atoms with Gasteiger partial charge in [-0.25, -0.2) is 0 Å². The van der Waals surface area contributed by atoms with Crippen molar-refractivity contribution in [3.63, 3.8) is 0 Å². The van der Waals surface area contributed by atoms with Gasteiger partial charge in [0.05, 0.1) is 12.1 Å². The maximum Gasteiger partial charge on any atom is 0.254 e. The second kappa shape index (κ2) is 8.76. The van der Waals surface area contributed by atoms with Crippen LogP contribution >= 0.6 is 0 Å². The van der Waals surface area contributed by atoms with E-state index < -0.39 is 0 Å². The zero-order valence-corrected chi connectivity index (χ0v) is 16.4. The Hall–Kier alpha value is -2.37. The molecule has 2 saturated heterocycles. The lowest BCUT2D eigenvalue weighted by atomic mass is 10.0. The zero-order valence-electron chi connectivity index (χ0n) is 16.4. The second-order valence-electron chi connectivity index (χ2n) is 7.66. The molecule has 0 saturated carbocycles. The van der Waals surface area contributed by atoms with Gasteiger partial charge in [-0.2, -0.15) is 0 Å². The topological polar surface area (TPSA) is 42.0 Å². The number of hydrogen-bond donors (Lipinski definition) is 0. The van der Waals surface area contributed by atoms with Crippen LogP contribution in [0.2, 0.25) is 0 Å². The molecule has 2 aromatic rings. The van der Waals surface area contributed by atoms with Crippen LogP contribution in [0.5, 0.6) is 5.75 Å². The fourth-order valence-corrected chi connectivity index (χ4v) is 3.97. The molecule has 5 nitrogen and oxygen atoms in total. The van der Waals surface area contributed by atoms with Gasteiger partial charge in [0.25, 0.3) is 5.91 Å². The maximum absolute atomic E-state index is 13.3. The number of ether oxygens (including phenoxy) is 2. The number of amides is 1. The molecule has 4 rings (SSSR count). The third kappa shape index (κ3) is 4.37. The molecule has 0 N–H and O–H groups in total. The fraction of sp³-hybridized carbons (Fsp3) is 0.435. The van der Waals surface area contributed by atoms with Crippen LogP contribution in [0.25, 0.3) is 0 Å². The van der Waals surface area contributed by atoms with E-state index in [1.54, 1.807) is 0 Å². The molecule has 148 valence electrons. The minimum absolute atomic E-state index is 0.0592. The van der Waals surface area contributed by atoms with Crippen molar-refractivity contribution in [3.8, 4) is 5.75 Å². The van der Waals surface area contributed by atoms with Gasteiger partial charge in [0.15, 0.2) is 0 Å². The highest BCUT2D eigenvalue weighted by molar-refractivity contribution is 5.95. The van der Waals surface area contributed by atoms with E-state index in [-0.39, 0.29) is 18.1 Å². The molecule has 0 radical (unpaired) electrons. The number of rotatable bonds is 5. The Kier molecular flexibility index (Phi) is 5.93. The predicted molar refractivity (Wildman–Crippen MR) is 109 cm³/mol. The first-order valence-electron chi connectivity index (χ1n) is 10.1. The molecule has 5 heteroatoms. The van der Waals surface area contributed by atoms with E-state index >= 15 is 0 Å². The summed E-state index contributed by atoms with van der Waals surface area (Å²) in [5, 5.41) is 0. The molecule has 28 heavy (non-hydrogen) atoms. The van der Waals surface area contributed by atoms with E-state index in [1.165, 1.54) is 5.56 Å². The van der Waals surface area contributed by atoms with Crippen molar-refractivity contribution < 1.29 is 14.3 Å². The molecule has 2 atom stereocenters. The summed E-state index contributed by atoms with van der Waals surface area (Å²) in [6.45, 7) is 3.79. The van der Waals surface area contributed by atoms with Crippen LogP contribution in [0.3, 0.4) is 0 Å². The minimum atomic E-state index is 0.0592. The monoisotopic (exact) mass is 380 g/mol. The first kappa shape index (κ1) is 19.0. The SMILES string of the molecule is CN1CCN(C(=O)c2cccc(OC[C@@H]3CCCO3)c2)[C@@H](c2ccccc2)C1. The standard InChI is InChI=1S/C23H28N2O3/c1-24-12-13-25(22(16-24)18-7-3-2-4-8-18)23(26)19-9-5-10-20(15-19)28-17-21-11-6-14-27-21/h2-5,7-10,15,21-22H,6,11-14,16-17H2,1H3/t21-,22+/m0/s1. The van der Waals surface area contributed by atoms with Crippen molar-refractivity contribution in [3.05, 3.63) is 65.7 Å². The first-order valence-corrected chi connectivity index (χ1v) is 10.1. The molecule has 2 aliphatic rings.